The summed E-state index contributed by atoms with van der Waals surface area (Å²) in [6.45, 7) is 0. The highest BCUT2D eigenvalue weighted by Gasteiger charge is 2.51. The minimum Gasteiger partial charge on any atom is -0.457 e. The minimum atomic E-state index is -0.513. The number of rotatable bonds is 2. The molecule has 1 aromatic heterocycles. The Balaban J connectivity index is 1.28. The van der Waals surface area contributed by atoms with Crippen molar-refractivity contribution in [1.29, 1.82) is 0 Å². The second-order valence-electron chi connectivity index (χ2n) is 13.2. The van der Waals surface area contributed by atoms with Crippen molar-refractivity contribution in [2.24, 2.45) is 0 Å². The molecule has 1 aliphatic carbocycles. The van der Waals surface area contributed by atoms with Crippen molar-refractivity contribution in [3.05, 3.63) is 198 Å². The second kappa shape index (κ2) is 9.82. The molecule has 1 spiro atoms. The Morgan fingerprint density at radius 2 is 1.04 bits per heavy atom. The summed E-state index contributed by atoms with van der Waals surface area (Å²) in [6.07, 6.45) is 0. The fourth-order valence-electron chi connectivity index (χ4n) is 8.93. The van der Waals surface area contributed by atoms with E-state index in [0.29, 0.717) is 0 Å². The van der Waals surface area contributed by atoms with Crippen LogP contribution in [0.5, 0.6) is 11.5 Å². The van der Waals surface area contributed by atoms with Gasteiger partial charge in [-0.15, -0.1) is 0 Å². The first kappa shape index (κ1) is 26.7. The van der Waals surface area contributed by atoms with Crippen LogP contribution in [0, 0.1) is 0 Å². The van der Waals surface area contributed by atoms with E-state index in [-0.39, 0.29) is 0 Å². The number of fused-ring (bicyclic) bond motifs is 14. The summed E-state index contributed by atoms with van der Waals surface area (Å²) in [5.41, 5.74) is 13.0. The van der Waals surface area contributed by atoms with E-state index in [4.69, 9.17) is 4.74 Å². The van der Waals surface area contributed by atoms with E-state index in [1.807, 2.05) is 0 Å². The molecule has 2 heteroatoms. The van der Waals surface area contributed by atoms with Crippen LogP contribution in [-0.2, 0) is 5.41 Å². The Labute approximate surface area is 284 Å². The van der Waals surface area contributed by atoms with Gasteiger partial charge in [0.1, 0.15) is 11.5 Å². The topological polar surface area (TPSA) is 14.2 Å². The molecule has 2 aliphatic rings. The number of aromatic nitrogens is 1. The molecule has 49 heavy (non-hydrogen) atoms. The van der Waals surface area contributed by atoms with Crippen LogP contribution in [0.2, 0.25) is 0 Å². The summed E-state index contributed by atoms with van der Waals surface area (Å²) in [5, 5.41) is 4.96. The Morgan fingerprint density at radius 1 is 0.429 bits per heavy atom. The molecule has 0 atom stereocenters. The molecule has 9 aromatic rings. The molecule has 0 amide bonds. The maximum atomic E-state index is 6.77. The smallest absolute Gasteiger partial charge is 0.132 e. The van der Waals surface area contributed by atoms with Gasteiger partial charge in [-0.1, -0.05) is 133 Å². The summed E-state index contributed by atoms with van der Waals surface area (Å²) in [6, 6.07) is 64.1. The molecule has 0 saturated heterocycles. The van der Waals surface area contributed by atoms with Crippen molar-refractivity contribution in [2.75, 3.05) is 0 Å². The van der Waals surface area contributed by atoms with Gasteiger partial charge in [-0.25, -0.2) is 0 Å². The van der Waals surface area contributed by atoms with Crippen molar-refractivity contribution in [3.8, 4) is 39.4 Å². The third-order valence-electron chi connectivity index (χ3n) is 10.8. The van der Waals surface area contributed by atoms with Crippen LogP contribution in [0.3, 0.4) is 0 Å². The zero-order chi connectivity index (χ0) is 32.1. The van der Waals surface area contributed by atoms with E-state index in [1.54, 1.807) is 0 Å². The van der Waals surface area contributed by atoms with Gasteiger partial charge in [0, 0.05) is 33.0 Å². The van der Waals surface area contributed by atoms with Crippen LogP contribution in [-0.4, -0.2) is 4.57 Å². The van der Waals surface area contributed by atoms with Gasteiger partial charge in [0.15, 0.2) is 0 Å². The third-order valence-corrected chi connectivity index (χ3v) is 10.8. The summed E-state index contributed by atoms with van der Waals surface area (Å²) in [7, 11) is 0. The van der Waals surface area contributed by atoms with E-state index in [9.17, 15) is 0 Å². The first-order chi connectivity index (χ1) is 24.3. The SMILES string of the molecule is c1ccc(-n2c3ccccc3c3c(-c4ccc5c(c4)C4(c6ccccc6O5)c5ccccc5-c5ccccc54)cc4ccccc4c32)cc1. The highest BCUT2D eigenvalue weighted by atomic mass is 16.5. The largest absolute Gasteiger partial charge is 0.457 e. The summed E-state index contributed by atoms with van der Waals surface area (Å²) in [4.78, 5) is 0. The quantitative estimate of drug-likeness (QED) is 0.187. The minimum absolute atomic E-state index is 0.513. The van der Waals surface area contributed by atoms with E-state index >= 15 is 0 Å². The predicted molar refractivity (Wildman–Crippen MR) is 201 cm³/mol. The van der Waals surface area contributed by atoms with E-state index < -0.39 is 5.41 Å². The first-order valence-corrected chi connectivity index (χ1v) is 16.9. The van der Waals surface area contributed by atoms with E-state index in [1.165, 1.54) is 77.1 Å². The number of hydrogen-bond acceptors (Lipinski definition) is 1. The van der Waals surface area contributed by atoms with Gasteiger partial charge in [-0.05, 0) is 81.2 Å². The van der Waals surface area contributed by atoms with E-state index in [2.05, 4.69) is 180 Å². The molecule has 0 fully saturated rings. The Morgan fingerprint density at radius 3 is 1.84 bits per heavy atom. The summed E-state index contributed by atoms with van der Waals surface area (Å²) < 4.78 is 9.21. The van der Waals surface area contributed by atoms with Crippen LogP contribution < -0.4 is 4.74 Å². The lowest BCUT2D eigenvalue weighted by atomic mass is 9.65. The molecule has 0 radical (unpaired) electrons. The molecular formula is C47H29NO. The molecule has 2 nitrogen and oxygen atoms in total. The highest BCUT2D eigenvalue weighted by molar-refractivity contribution is 6.24. The van der Waals surface area contributed by atoms with Crippen molar-refractivity contribution >= 4 is 32.6 Å². The van der Waals surface area contributed by atoms with Gasteiger partial charge < -0.3 is 9.30 Å². The average Bonchev–Trinajstić information content (AvgIpc) is 3.67. The van der Waals surface area contributed by atoms with Crippen molar-refractivity contribution in [3.63, 3.8) is 0 Å². The van der Waals surface area contributed by atoms with Gasteiger partial charge in [0.05, 0.1) is 16.4 Å². The molecular weight excluding hydrogens is 595 g/mol. The average molecular weight is 624 g/mol. The van der Waals surface area contributed by atoms with Gasteiger partial charge in [0.2, 0.25) is 0 Å². The predicted octanol–water partition coefficient (Wildman–Crippen LogP) is 12.1. The molecule has 0 bridgehead atoms. The lowest BCUT2D eigenvalue weighted by Crippen LogP contribution is -2.32. The standard InChI is InChI=1S/C47H29NO/c1-2-15-32(16-3-1)48-42-24-12-8-20-36(42)45-37(28-30-14-4-5-17-33(30)46(45)48)31-26-27-44-41(29-31)47(40-23-11-13-25-43(40)49-44)38-21-9-6-18-34(38)35-19-7-10-22-39(35)47/h1-29H. The zero-order valence-electron chi connectivity index (χ0n) is 26.6. The highest BCUT2D eigenvalue weighted by Crippen LogP contribution is 2.62. The van der Waals surface area contributed by atoms with Crippen molar-refractivity contribution in [2.45, 2.75) is 5.41 Å². The number of benzene rings is 8. The fraction of sp³-hybridized carbons (Fsp3) is 0.0213. The molecule has 0 N–H and O–H groups in total. The Bertz CT molecular complexity index is 2760. The van der Waals surface area contributed by atoms with Gasteiger partial charge in [-0.2, -0.15) is 0 Å². The maximum Gasteiger partial charge on any atom is 0.132 e. The lowest BCUT2D eigenvalue weighted by molar-refractivity contribution is 0.436. The number of ether oxygens (including phenoxy) is 1. The van der Waals surface area contributed by atoms with Crippen LogP contribution in [0.4, 0.5) is 0 Å². The molecule has 11 rings (SSSR count). The Hall–Kier alpha value is -6.38. The molecule has 0 saturated carbocycles. The van der Waals surface area contributed by atoms with Crippen LogP contribution in [0.25, 0.3) is 60.5 Å². The normalized spacial score (nSPS) is 13.6. The summed E-state index contributed by atoms with van der Waals surface area (Å²) in [5.74, 6) is 1.81. The number of nitrogens with zero attached hydrogens (tertiary/aromatic N) is 1. The molecule has 2 heterocycles. The maximum absolute atomic E-state index is 6.77. The fourth-order valence-corrected chi connectivity index (χ4v) is 8.93. The van der Waals surface area contributed by atoms with Gasteiger partial charge in [0.25, 0.3) is 0 Å². The second-order valence-corrected chi connectivity index (χ2v) is 13.2. The zero-order valence-corrected chi connectivity index (χ0v) is 26.6. The number of para-hydroxylation sites is 3. The third kappa shape index (κ3) is 3.45. The van der Waals surface area contributed by atoms with Gasteiger partial charge in [-0.3, -0.25) is 0 Å². The van der Waals surface area contributed by atoms with Crippen molar-refractivity contribution in [1.82, 2.24) is 4.57 Å². The first-order valence-electron chi connectivity index (χ1n) is 16.9. The van der Waals surface area contributed by atoms with Crippen LogP contribution >= 0.6 is 0 Å². The molecule has 8 aromatic carbocycles. The monoisotopic (exact) mass is 623 g/mol. The number of hydrogen-bond donors (Lipinski definition) is 0. The lowest BCUT2D eigenvalue weighted by Gasteiger charge is -2.39. The molecule has 1 aliphatic heterocycles. The summed E-state index contributed by atoms with van der Waals surface area (Å²) >= 11 is 0. The van der Waals surface area contributed by atoms with Crippen LogP contribution in [0.15, 0.2) is 176 Å². The van der Waals surface area contributed by atoms with E-state index in [0.717, 1.165) is 17.2 Å². The molecule has 228 valence electrons. The van der Waals surface area contributed by atoms with Crippen molar-refractivity contribution < 1.29 is 4.74 Å². The van der Waals surface area contributed by atoms with Gasteiger partial charge >= 0.3 is 0 Å². The molecule has 0 unspecified atom stereocenters. The van der Waals surface area contributed by atoms with Crippen LogP contribution in [0.1, 0.15) is 22.3 Å². The Kier molecular flexibility index (Phi) is 5.34.